The van der Waals surface area contributed by atoms with Gasteiger partial charge in [-0.2, -0.15) is 0 Å². The molecule has 1 fully saturated rings. The summed E-state index contributed by atoms with van der Waals surface area (Å²) in [4.78, 5) is 21.5. The minimum Gasteiger partial charge on any atom is -0.497 e. The minimum atomic E-state index is -0.0799. The Hall–Kier alpha value is -2.80. The predicted octanol–water partition coefficient (Wildman–Crippen LogP) is 4.28. The van der Waals surface area contributed by atoms with E-state index < -0.39 is 0 Å². The standard InChI is InChI=1S/C21H24N4O2S/c1-14-11-15(2)19-18(12-14)23-21(28-19)25-9-7-24(8-10-25)20(26)22-16-5-4-6-17(13-16)27-3/h4-6,11-13H,7-10H2,1-3H3,(H,22,26). The molecule has 2 amide bonds. The Balaban J connectivity index is 1.40. The van der Waals surface area contributed by atoms with E-state index in [4.69, 9.17) is 9.72 Å². The Kier molecular flexibility index (Phi) is 5.09. The van der Waals surface area contributed by atoms with Crippen molar-refractivity contribution in [2.75, 3.05) is 43.5 Å². The van der Waals surface area contributed by atoms with Crippen molar-refractivity contribution in [3.05, 3.63) is 47.5 Å². The van der Waals surface area contributed by atoms with Crippen LogP contribution in [0.1, 0.15) is 11.1 Å². The van der Waals surface area contributed by atoms with Gasteiger partial charge in [-0.3, -0.25) is 0 Å². The zero-order valence-corrected chi connectivity index (χ0v) is 17.2. The largest absolute Gasteiger partial charge is 0.497 e. The normalized spacial score (nSPS) is 14.4. The number of nitrogens with zero attached hydrogens (tertiary/aromatic N) is 3. The molecule has 2 aromatic carbocycles. The second kappa shape index (κ2) is 7.67. The number of carbonyl (C=O) groups is 1. The second-order valence-corrected chi connectivity index (χ2v) is 8.04. The molecule has 1 aliphatic rings. The lowest BCUT2D eigenvalue weighted by Gasteiger charge is -2.34. The molecular weight excluding hydrogens is 372 g/mol. The predicted molar refractivity (Wildman–Crippen MR) is 115 cm³/mol. The van der Waals surface area contributed by atoms with Gasteiger partial charge in [-0.25, -0.2) is 9.78 Å². The van der Waals surface area contributed by atoms with E-state index in [9.17, 15) is 4.79 Å². The molecule has 4 rings (SSSR count). The first-order chi connectivity index (χ1) is 13.5. The molecule has 0 saturated carbocycles. The lowest BCUT2D eigenvalue weighted by Crippen LogP contribution is -2.50. The third-order valence-corrected chi connectivity index (χ3v) is 6.23. The van der Waals surface area contributed by atoms with Gasteiger partial charge >= 0.3 is 6.03 Å². The Morgan fingerprint density at radius 1 is 1.14 bits per heavy atom. The van der Waals surface area contributed by atoms with E-state index in [-0.39, 0.29) is 6.03 Å². The van der Waals surface area contributed by atoms with Gasteiger partial charge in [0.2, 0.25) is 0 Å². The average molecular weight is 397 g/mol. The maximum Gasteiger partial charge on any atom is 0.321 e. The van der Waals surface area contributed by atoms with E-state index in [1.54, 1.807) is 18.4 Å². The molecule has 1 N–H and O–H groups in total. The number of ether oxygens (including phenoxy) is 1. The minimum absolute atomic E-state index is 0.0799. The van der Waals surface area contributed by atoms with Crippen LogP contribution in [-0.4, -0.2) is 49.2 Å². The Labute approximate surface area is 168 Å². The van der Waals surface area contributed by atoms with Gasteiger partial charge in [-0.1, -0.05) is 23.5 Å². The molecule has 3 aromatic rings. The summed E-state index contributed by atoms with van der Waals surface area (Å²) in [6, 6.07) is 11.7. The molecular formula is C21H24N4O2S. The highest BCUT2D eigenvalue weighted by atomic mass is 32.1. The van der Waals surface area contributed by atoms with Crippen LogP contribution >= 0.6 is 11.3 Å². The number of methoxy groups -OCH3 is 1. The maximum atomic E-state index is 12.6. The van der Waals surface area contributed by atoms with Crippen LogP contribution < -0.4 is 15.0 Å². The summed E-state index contributed by atoms with van der Waals surface area (Å²) in [5.41, 5.74) is 4.32. The van der Waals surface area contributed by atoms with Crippen molar-refractivity contribution < 1.29 is 9.53 Å². The molecule has 7 heteroatoms. The van der Waals surface area contributed by atoms with Crippen LogP contribution in [0.4, 0.5) is 15.6 Å². The number of aryl methyl sites for hydroxylation is 2. The monoisotopic (exact) mass is 396 g/mol. The fourth-order valence-electron chi connectivity index (χ4n) is 3.50. The summed E-state index contributed by atoms with van der Waals surface area (Å²) in [5, 5.41) is 3.99. The van der Waals surface area contributed by atoms with Crippen molar-refractivity contribution in [1.82, 2.24) is 9.88 Å². The number of aromatic nitrogens is 1. The molecule has 1 aromatic heterocycles. The number of urea groups is 1. The fraction of sp³-hybridized carbons (Fsp3) is 0.333. The molecule has 0 aliphatic carbocycles. The molecule has 0 bridgehead atoms. The summed E-state index contributed by atoms with van der Waals surface area (Å²) < 4.78 is 6.46. The highest BCUT2D eigenvalue weighted by Crippen LogP contribution is 2.32. The number of carbonyl (C=O) groups excluding carboxylic acids is 1. The van der Waals surface area contributed by atoms with E-state index in [0.29, 0.717) is 13.1 Å². The number of hydrogen-bond acceptors (Lipinski definition) is 5. The first-order valence-corrected chi connectivity index (χ1v) is 10.2. The summed E-state index contributed by atoms with van der Waals surface area (Å²) >= 11 is 1.74. The molecule has 1 aliphatic heterocycles. The van der Waals surface area contributed by atoms with E-state index in [1.165, 1.54) is 15.8 Å². The molecule has 0 spiro atoms. The molecule has 0 unspecified atom stereocenters. The number of nitrogens with one attached hydrogen (secondary N) is 1. The Morgan fingerprint density at radius 3 is 2.68 bits per heavy atom. The lowest BCUT2D eigenvalue weighted by atomic mass is 10.1. The van der Waals surface area contributed by atoms with Crippen molar-refractivity contribution in [3.8, 4) is 5.75 Å². The third kappa shape index (κ3) is 3.75. The third-order valence-electron chi connectivity index (χ3n) is 4.97. The van der Waals surface area contributed by atoms with Crippen molar-refractivity contribution >= 4 is 38.4 Å². The van der Waals surface area contributed by atoms with Crippen molar-refractivity contribution in [1.29, 1.82) is 0 Å². The van der Waals surface area contributed by atoms with Gasteiger partial charge in [0.15, 0.2) is 5.13 Å². The molecule has 1 saturated heterocycles. The highest BCUT2D eigenvalue weighted by molar-refractivity contribution is 7.22. The molecule has 146 valence electrons. The zero-order valence-electron chi connectivity index (χ0n) is 16.4. The Bertz CT molecular complexity index is 1010. The van der Waals surface area contributed by atoms with Gasteiger partial charge in [-0.05, 0) is 43.2 Å². The summed E-state index contributed by atoms with van der Waals surface area (Å²) in [6.45, 7) is 7.14. The fourth-order valence-corrected chi connectivity index (χ4v) is 4.57. The van der Waals surface area contributed by atoms with Crippen molar-refractivity contribution in [2.24, 2.45) is 0 Å². The van der Waals surface area contributed by atoms with Gasteiger partial charge in [0.1, 0.15) is 5.75 Å². The second-order valence-electron chi connectivity index (χ2n) is 7.06. The van der Waals surface area contributed by atoms with Gasteiger partial charge < -0.3 is 19.9 Å². The van der Waals surface area contributed by atoms with Crippen LogP contribution in [0.5, 0.6) is 5.75 Å². The quantitative estimate of drug-likeness (QED) is 0.718. The Morgan fingerprint density at radius 2 is 1.93 bits per heavy atom. The number of rotatable bonds is 3. The van der Waals surface area contributed by atoms with Gasteiger partial charge in [0, 0.05) is 37.9 Å². The van der Waals surface area contributed by atoms with Gasteiger partial charge in [-0.15, -0.1) is 0 Å². The number of hydrogen-bond donors (Lipinski definition) is 1. The smallest absolute Gasteiger partial charge is 0.321 e. The summed E-state index contributed by atoms with van der Waals surface area (Å²) in [5.74, 6) is 0.726. The molecule has 2 heterocycles. The number of fused-ring (bicyclic) bond motifs is 1. The van der Waals surface area contributed by atoms with Crippen LogP contribution in [-0.2, 0) is 0 Å². The van der Waals surface area contributed by atoms with Crippen LogP contribution in [0.15, 0.2) is 36.4 Å². The van der Waals surface area contributed by atoms with E-state index in [0.717, 1.165) is 35.2 Å². The van der Waals surface area contributed by atoms with Crippen LogP contribution in [0.25, 0.3) is 10.2 Å². The highest BCUT2D eigenvalue weighted by Gasteiger charge is 2.23. The van der Waals surface area contributed by atoms with Crippen molar-refractivity contribution in [3.63, 3.8) is 0 Å². The van der Waals surface area contributed by atoms with Gasteiger partial charge in [0.25, 0.3) is 0 Å². The SMILES string of the molecule is COc1cccc(NC(=O)N2CCN(c3nc4cc(C)cc(C)c4s3)CC2)c1. The molecule has 6 nitrogen and oxygen atoms in total. The molecule has 0 atom stereocenters. The summed E-state index contributed by atoms with van der Waals surface area (Å²) in [7, 11) is 1.62. The topological polar surface area (TPSA) is 57.7 Å². The van der Waals surface area contributed by atoms with Crippen LogP contribution in [0.3, 0.4) is 0 Å². The van der Waals surface area contributed by atoms with E-state index >= 15 is 0 Å². The van der Waals surface area contributed by atoms with E-state index in [2.05, 4.69) is 36.2 Å². The first-order valence-electron chi connectivity index (χ1n) is 9.36. The van der Waals surface area contributed by atoms with Crippen molar-refractivity contribution in [2.45, 2.75) is 13.8 Å². The average Bonchev–Trinajstić information content (AvgIpc) is 3.12. The lowest BCUT2D eigenvalue weighted by molar-refractivity contribution is 0.208. The molecule has 28 heavy (non-hydrogen) atoms. The number of piperazine rings is 1. The number of anilines is 2. The van der Waals surface area contributed by atoms with Gasteiger partial charge in [0.05, 0.1) is 17.3 Å². The number of thiazole rings is 1. The zero-order chi connectivity index (χ0) is 19.7. The summed E-state index contributed by atoms with van der Waals surface area (Å²) in [6.07, 6.45) is 0. The van der Waals surface area contributed by atoms with E-state index in [1.807, 2.05) is 29.2 Å². The number of benzene rings is 2. The molecule has 0 radical (unpaired) electrons. The first kappa shape index (κ1) is 18.6. The number of amides is 2. The van der Waals surface area contributed by atoms with Crippen LogP contribution in [0, 0.1) is 13.8 Å². The maximum absolute atomic E-state index is 12.6. The van der Waals surface area contributed by atoms with Crippen LogP contribution in [0.2, 0.25) is 0 Å².